The molecular weight excluding hydrogens is 313 g/mol. The standard InChI is InChI=1S/C15H31NO4S.Na/c1-3-4-5-6-7-8-9-10-11-12-15(17)16-14(2)13-21(18,19)20;/h14H,3-13H2,1-2H3,(H,16,17)(H,18,19,20);/q;+1/p-1. The zero-order valence-corrected chi connectivity index (χ0v) is 17.2. The Hall–Kier alpha value is 0.380. The Balaban J connectivity index is 0. The van der Waals surface area contributed by atoms with Crippen LogP contribution in [0, 0.1) is 0 Å². The molecule has 0 aliphatic carbocycles. The summed E-state index contributed by atoms with van der Waals surface area (Å²) in [6.07, 6.45) is 11.1. The van der Waals surface area contributed by atoms with E-state index in [4.69, 9.17) is 0 Å². The number of unbranched alkanes of at least 4 members (excludes halogenated alkanes) is 8. The summed E-state index contributed by atoms with van der Waals surface area (Å²) in [6.45, 7) is 3.74. The quantitative estimate of drug-likeness (QED) is 0.289. The fourth-order valence-corrected chi connectivity index (χ4v) is 2.99. The molecule has 0 aromatic rings. The second-order valence-electron chi connectivity index (χ2n) is 5.77. The summed E-state index contributed by atoms with van der Waals surface area (Å²) < 4.78 is 31.6. The van der Waals surface area contributed by atoms with E-state index in [1.807, 2.05) is 0 Å². The fourth-order valence-electron chi connectivity index (χ4n) is 2.29. The van der Waals surface area contributed by atoms with Crippen molar-refractivity contribution in [3.05, 3.63) is 0 Å². The normalized spacial score (nSPS) is 12.5. The molecule has 0 aromatic carbocycles. The minimum absolute atomic E-state index is 0. The van der Waals surface area contributed by atoms with E-state index in [0.717, 1.165) is 19.3 Å². The second-order valence-corrected chi connectivity index (χ2v) is 7.22. The first-order chi connectivity index (χ1) is 9.85. The van der Waals surface area contributed by atoms with Crippen molar-refractivity contribution in [3.8, 4) is 0 Å². The minimum atomic E-state index is -4.28. The third kappa shape index (κ3) is 18.4. The van der Waals surface area contributed by atoms with Crippen molar-refractivity contribution < 1.29 is 47.3 Å². The summed E-state index contributed by atoms with van der Waals surface area (Å²) in [4.78, 5) is 11.5. The number of hydrogen-bond donors (Lipinski definition) is 1. The molecule has 0 aliphatic heterocycles. The molecule has 7 heteroatoms. The van der Waals surface area contributed by atoms with Crippen LogP contribution in [-0.2, 0) is 14.9 Å². The van der Waals surface area contributed by atoms with Crippen LogP contribution in [-0.4, -0.2) is 30.7 Å². The summed E-state index contributed by atoms with van der Waals surface area (Å²) in [5.74, 6) is -0.717. The van der Waals surface area contributed by atoms with Gasteiger partial charge in [0.15, 0.2) is 0 Å². The predicted molar refractivity (Wildman–Crippen MR) is 84.0 cm³/mol. The molecule has 0 radical (unpaired) electrons. The molecule has 22 heavy (non-hydrogen) atoms. The number of carbonyl (C=O) groups is 1. The molecule has 0 aromatic heterocycles. The molecule has 1 atom stereocenters. The number of amides is 1. The van der Waals surface area contributed by atoms with Crippen LogP contribution in [0.2, 0.25) is 0 Å². The molecule has 0 aliphatic rings. The van der Waals surface area contributed by atoms with Gasteiger partial charge < -0.3 is 9.87 Å². The molecule has 0 saturated heterocycles. The van der Waals surface area contributed by atoms with E-state index in [1.54, 1.807) is 0 Å². The average molecular weight is 343 g/mol. The summed E-state index contributed by atoms with van der Waals surface area (Å²) >= 11 is 0. The first kappa shape index (κ1) is 24.6. The van der Waals surface area contributed by atoms with Crippen LogP contribution in [0.3, 0.4) is 0 Å². The van der Waals surface area contributed by atoms with Gasteiger partial charge in [0.1, 0.15) is 0 Å². The number of hydrogen-bond acceptors (Lipinski definition) is 4. The van der Waals surface area contributed by atoms with Crippen LogP contribution in [0.5, 0.6) is 0 Å². The van der Waals surface area contributed by atoms with Crippen molar-refractivity contribution in [2.24, 2.45) is 0 Å². The van der Waals surface area contributed by atoms with Gasteiger partial charge in [-0.15, -0.1) is 0 Å². The van der Waals surface area contributed by atoms with Crippen LogP contribution >= 0.6 is 0 Å². The Morgan fingerprint density at radius 2 is 1.45 bits per heavy atom. The van der Waals surface area contributed by atoms with Gasteiger partial charge in [-0.3, -0.25) is 4.79 Å². The Morgan fingerprint density at radius 3 is 1.91 bits per heavy atom. The molecule has 126 valence electrons. The molecule has 1 N–H and O–H groups in total. The van der Waals surface area contributed by atoms with Gasteiger partial charge in [-0.25, -0.2) is 8.42 Å². The Bertz CT molecular complexity index is 374. The molecule has 0 fully saturated rings. The summed E-state index contributed by atoms with van der Waals surface area (Å²) in [5.41, 5.74) is 0. The van der Waals surface area contributed by atoms with Crippen molar-refractivity contribution >= 4 is 16.0 Å². The topological polar surface area (TPSA) is 86.3 Å². The smallest absolute Gasteiger partial charge is 0.748 e. The predicted octanol–water partition coefficient (Wildman–Crippen LogP) is -0.0388. The van der Waals surface area contributed by atoms with Crippen LogP contribution in [0.15, 0.2) is 0 Å². The number of rotatable bonds is 13. The molecule has 0 saturated carbocycles. The summed E-state index contributed by atoms with van der Waals surface area (Å²) in [7, 11) is -4.28. The maximum Gasteiger partial charge on any atom is 1.00 e. The van der Waals surface area contributed by atoms with Crippen molar-refractivity contribution in [1.29, 1.82) is 0 Å². The second kappa shape index (κ2) is 14.9. The third-order valence-corrected chi connectivity index (χ3v) is 4.28. The van der Waals surface area contributed by atoms with Crippen molar-refractivity contribution in [1.82, 2.24) is 5.32 Å². The van der Waals surface area contributed by atoms with E-state index < -0.39 is 21.9 Å². The molecule has 1 amide bonds. The van der Waals surface area contributed by atoms with Gasteiger partial charge in [0, 0.05) is 12.5 Å². The summed E-state index contributed by atoms with van der Waals surface area (Å²) in [5, 5.41) is 2.54. The largest absolute Gasteiger partial charge is 1.00 e. The van der Waals surface area contributed by atoms with Gasteiger partial charge in [0.2, 0.25) is 5.91 Å². The molecule has 0 rings (SSSR count). The van der Waals surface area contributed by atoms with E-state index in [9.17, 15) is 17.8 Å². The van der Waals surface area contributed by atoms with E-state index >= 15 is 0 Å². The number of carbonyl (C=O) groups excluding carboxylic acids is 1. The molecule has 1 unspecified atom stereocenters. The molecule has 0 heterocycles. The van der Waals surface area contributed by atoms with Crippen molar-refractivity contribution in [2.45, 2.75) is 84.1 Å². The van der Waals surface area contributed by atoms with Gasteiger partial charge in [-0.05, 0) is 13.3 Å². The maximum atomic E-state index is 11.5. The molecule has 0 spiro atoms. The summed E-state index contributed by atoms with van der Waals surface area (Å²) in [6, 6.07) is -0.612. The minimum Gasteiger partial charge on any atom is -0.748 e. The SMILES string of the molecule is CCCCCCCCCCCC(=O)NC(C)CS(=O)(=O)[O-].[Na+]. The van der Waals surface area contributed by atoms with Gasteiger partial charge in [0.05, 0.1) is 15.9 Å². The Kier molecular flexibility index (Phi) is 16.7. The molecule has 5 nitrogen and oxygen atoms in total. The van der Waals surface area contributed by atoms with E-state index in [1.165, 1.54) is 45.4 Å². The first-order valence-corrected chi connectivity index (χ1v) is 9.66. The van der Waals surface area contributed by atoms with Gasteiger partial charge in [-0.2, -0.15) is 0 Å². The van der Waals surface area contributed by atoms with Crippen LogP contribution < -0.4 is 34.9 Å². The molecular formula is C15H30NNaO4S. The third-order valence-electron chi connectivity index (χ3n) is 3.37. The Morgan fingerprint density at radius 1 is 1.00 bits per heavy atom. The van der Waals surface area contributed by atoms with Crippen LogP contribution in [0.4, 0.5) is 0 Å². The van der Waals surface area contributed by atoms with E-state index in [0.29, 0.717) is 6.42 Å². The average Bonchev–Trinajstić information content (AvgIpc) is 2.34. The molecule has 0 bridgehead atoms. The first-order valence-electron chi connectivity index (χ1n) is 8.08. The van der Waals surface area contributed by atoms with Crippen LogP contribution in [0.1, 0.15) is 78.1 Å². The van der Waals surface area contributed by atoms with Crippen LogP contribution in [0.25, 0.3) is 0 Å². The van der Waals surface area contributed by atoms with Gasteiger partial charge in [-0.1, -0.05) is 58.3 Å². The Labute approximate surface area is 158 Å². The maximum absolute atomic E-state index is 11.5. The number of nitrogens with one attached hydrogen (secondary N) is 1. The fraction of sp³-hybridized carbons (Fsp3) is 0.933. The van der Waals surface area contributed by atoms with Gasteiger partial charge >= 0.3 is 29.6 Å². The van der Waals surface area contributed by atoms with E-state index in [-0.39, 0.29) is 35.5 Å². The van der Waals surface area contributed by atoms with Gasteiger partial charge in [0.25, 0.3) is 0 Å². The van der Waals surface area contributed by atoms with E-state index in [2.05, 4.69) is 12.2 Å². The zero-order valence-electron chi connectivity index (χ0n) is 14.4. The zero-order chi connectivity index (χ0) is 16.1. The van der Waals surface area contributed by atoms with Crippen molar-refractivity contribution in [3.63, 3.8) is 0 Å². The van der Waals surface area contributed by atoms with Crippen molar-refractivity contribution in [2.75, 3.05) is 5.75 Å². The monoisotopic (exact) mass is 343 g/mol.